The van der Waals surface area contributed by atoms with Crippen LogP contribution in [-0.4, -0.2) is 35.6 Å². The van der Waals surface area contributed by atoms with E-state index in [0.717, 1.165) is 6.42 Å². The molecule has 2 fully saturated rings. The number of hydrogen-bond acceptors (Lipinski definition) is 2. The molecule has 1 aliphatic heterocycles. The molecule has 2 nitrogen and oxygen atoms in total. The number of nitrogens with zero attached hydrogens (tertiary/aromatic N) is 1. The fourth-order valence-corrected chi connectivity index (χ4v) is 4.33. The highest BCUT2D eigenvalue weighted by atomic mass is 15.3. The smallest absolute Gasteiger partial charge is 0.0337 e. The Morgan fingerprint density at radius 2 is 1.95 bits per heavy atom. The number of hydrogen-bond donors (Lipinski definition) is 1. The molecule has 21 heavy (non-hydrogen) atoms. The molecule has 1 spiro atoms. The molecule has 1 saturated heterocycles. The zero-order valence-electron chi connectivity index (χ0n) is 13.6. The molecule has 2 aliphatic rings. The summed E-state index contributed by atoms with van der Waals surface area (Å²) in [5, 5.41) is 3.87. The molecule has 2 heteroatoms. The van der Waals surface area contributed by atoms with Crippen molar-refractivity contribution in [3.63, 3.8) is 0 Å². The Hall–Kier alpha value is -0.860. The Bertz CT molecular complexity index is 436. The maximum Gasteiger partial charge on any atom is 0.0337 e. The molecule has 2 unspecified atom stereocenters. The van der Waals surface area contributed by atoms with Gasteiger partial charge in [0.2, 0.25) is 0 Å². The SMILES string of the molecule is CCC(C)N1CC(Cc2ccccc2)NCC12CCCC2. The van der Waals surface area contributed by atoms with Crippen LogP contribution in [0.25, 0.3) is 0 Å². The first-order valence-corrected chi connectivity index (χ1v) is 8.77. The van der Waals surface area contributed by atoms with Crippen LogP contribution in [0.4, 0.5) is 0 Å². The van der Waals surface area contributed by atoms with Crippen LogP contribution in [-0.2, 0) is 6.42 Å². The van der Waals surface area contributed by atoms with Gasteiger partial charge in [-0.2, -0.15) is 0 Å². The maximum absolute atomic E-state index is 3.87. The Morgan fingerprint density at radius 1 is 1.24 bits per heavy atom. The van der Waals surface area contributed by atoms with Crippen LogP contribution < -0.4 is 5.32 Å². The molecule has 0 amide bonds. The normalized spacial score (nSPS) is 27.0. The van der Waals surface area contributed by atoms with Gasteiger partial charge in [-0.05, 0) is 38.2 Å². The topological polar surface area (TPSA) is 15.3 Å². The number of nitrogens with one attached hydrogen (secondary N) is 1. The molecule has 1 aromatic carbocycles. The van der Waals surface area contributed by atoms with Crippen molar-refractivity contribution >= 4 is 0 Å². The summed E-state index contributed by atoms with van der Waals surface area (Å²) < 4.78 is 0. The lowest BCUT2D eigenvalue weighted by molar-refractivity contribution is 0.00954. The molecular weight excluding hydrogens is 256 g/mol. The molecule has 0 aromatic heterocycles. The molecule has 3 rings (SSSR count). The van der Waals surface area contributed by atoms with Gasteiger partial charge in [0.05, 0.1) is 0 Å². The second-order valence-electron chi connectivity index (χ2n) is 7.11. The number of rotatable bonds is 4. The lowest BCUT2D eigenvalue weighted by atomic mass is 9.87. The molecule has 2 atom stereocenters. The van der Waals surface area contributed by atoms with Gasteiger partial charge < -0.3 is 5.32 Å². The van der Waals surface area contributed by atoms with E-state index in [1.807, 2.05) is 0 Å². The first kappa shape index (κ1) is 15.1. The zero-order chi connectivity index (χ0) is 14.7. The van der Waals surface area contributed by atoms with Gasteiger partial charge in [0, 0.05) is 30.7 Å². The van der Waals surface area contributed by atoms with Crippen molar-refractivity contribution in [1.82, 2.24) is 10.2 Å². The molecule has 0 bridgehead atoms. The third-order valence-corrected chi connectivity index (χ3v) is 5.73. The Kier molecular flexibility index (Phi) is 4.66. The van der Waals surface area contributed by atoms with Crippen molar-refractivity contribution in [3.05, 3.63) is 35.9 Å². The third kappa shape index (κ3) is 3.17. The molecule has 1 aromatic rings. The largest absolute Gasteiger partial charge is 0.311 e. The minimum Gasteiger partial charge on any atom is -0.311 e. The van der Waals surface area contributed by atoms with Crippen LogP contribution in [0.15, 0.2) is 30.3 Å². The average Bonchev–Trinajstić information content (AvgIpc) is 2.99. The average molecular weight is 286 g/mol. The van der Waals surface area contributed by atoms with Crippen molar-refractivity contribution in [2.75, 3.05) is 13.1 Å². The Balaban J connectivity index is 1.70. The van der Waals surface area contributed by atoms with E-state index in [-0.39, 0.29) is 0 Å². The van der Waals surface area contributed by atoms with Crippen LogP contribution >= 0.6 is 0 Å². The van der Waals surface area contributed by atoms with Gasteiger partial charge in [0.15, 0.2) is 0 Å². The van der Waals surface area contributed by atoms with Crippen molar-refractivity contribution < 1.29 is 0 Å². The minimum atomic E-state index is 0.461. The monoisotopic (exact) mass is 286 g/mol. The zero-order valence-corrected chi connectivity index (χ0v) is 13.6. The predicted molar refractivity (Wildman–Crippen MR) is 89.6 cm³/mol. The highest BCUT2D eigenvalue weighted by Crippen LogP contribution is 2.38. The van der Waals surface area contributed by atoms with Gasteiger partial charge in [0.25, 0.3) is 0 Å². The molecule has 0 radical (unpaired) electrons. The lowest BCUT2D eigenvalue weighted by Gasteiger charge is -2.51. The van der Waals surface area contributed by atoms with Gasteiger partial charge in [-0.15, -0.1) is 0 Å². The van der Waals surface area contributed by atoms with E-state index < -0.39 is 0 Å². The summed E-state index contributed by atoms with van der Waals surface area (Å²) >= 11 is 0. The van der Waals surface area contributed by atoms with Crippen LogP contribution in [0.1, 0.15) is 51.5 Å². The summed E-state index contributed by atoms with van der Waals surface area (Å²) in [7, 11) is 0. The first-order chi connectivity index (χ1) is 10.2. The maximum atomic E-state index is 3.87. The van der Waals surface area contributed by atoms with Gasteiger partial charge >= 0.3 is 0 Å². The van der Waals surface area contributed by atoms with E-state index in [4.69, 9.17) is 0 Å². The lowest BCUT2D eigenvalue weighted by Crippen LogP contribution is -2.66. The summed E-state index contributed by atoms with van der Waals surface area (Å²) in [6.45, 7) is 7.16. The van der Waals surface area contributed by atoms with Crippen molar-refractivity contribution in [2.45, 2.75) is 70.0 Å². The van der Waals surface area contributed by atoms with Crippen molar-refractivity contribution in [3.8, 4) is 0 Å². The van der Waals surface area contributed by atoms with Crippen molar-refractivity contribution in [1.29, 1.82) is 0 Å². The number of piperazine rings is 1. The van der Waals surface area contributed by atoms with Gasteiger partial charge in [-0.3, -0.25) is 4.90 Å². The molecule has 1 saturated carbocycles. The highest BCUT2D eigenvalue weighted by molar-refractivity contribution is 5.17. The Labute approximate surface area is 129 Å². The molecular formula is C19H30N2. The highest BCUT2D eigenvalue weighted by Gasteiger charge is 2.44. The minimum absolute atomic E-state index is 0.461. The molecule has 1 heterocycles. The standard InChI is InChI=1S/C19H30N2/c1-3-16(2)21-14-18(13-17-9-5-4-6-10-17)20-15-19(21)11-7-8-12-19/h4-6,9-10,16,18,20H,3,7-8,11-15H2,1-2H3. The summed E-state index contributed by atoms with van der Waals surface area (Å²) in [5.74, 6) is 0. The second-order valence-corrected chi connectivity index (χ2v) is 7.11. The van der Waals surface area contributed by atoms with E-state index in [9.17, 15) is 0 Å². The summed E-state index contributed by atoms with van der Waals surface area (Å²) in [6, 6.07) is 12.3. The van der Waals surface area contributed by atoms with Gasteiger partial charge in [-0.1, -0.05) is 50.1 Å². The summed E-state index contributed by atoms with van der Waals surface area (Å²) in [4.78, 5) is 2.85. The predicted octanol–water partition coefficient (Wildman–Crippen LogP) is 3.61. The fraction of sp³-hybridized carbons (Fsp3) is 0.684. The van der Waals surface area contributed by atoms with Crippen LogP contribution in [0, 0.1) is 0 Å². The fourth-order valence-electron chi connectivity index (χ4n) is 4.33. The second kappa shape index (κ2) is 6.50. The summed E-state index contributed by atoms with van der Waals surface area (Å²) in [6.07, 6.45) is 8.03. The van der Waals surface area contributed by atoms with E-state index in [1.54, 1.807) is 0 Å². The number of benzene rings is 1. The van der Waals surface area contributed by atoms with Crippen LogP contribution in [0.3, 0.4) is 0 Å². The van der Waals surface area contributed by atoms with E-state index in [2.05, 4.69) is 54.4 Å². The molecule has 1 aliphatic carbocycles. The molecule has 116 valence electrons. The van der Waals surface area contributed by atoms with Gasteiger partial charge in [0.1, 0.15) is 0 Å². The Morgan fingerprint density at radius 3 is 2.62 bits per heavy atom. The van der Waals surface area contributed by atoms with E-state index in [1.165, 1.54) is 50.8 Å². The third-order valence-electron chi connectivity index (χ3n) is 5.73. The van der Waals surface area contributed by atoms with Crippen molar-refractivity contribution in [2.24, 2.45) is 0 Å². The van der Waals surface area contributed by atoms with E-state index >= 15 is 0 Å². The summed E-state index contributed by atoms with van der Waals surface area (Å²) in [5.41, 5.74) is 1.92. The van der Waals surface area contributed by atoms with Crippen LogP contribution in [0.5, 0.6) is 0 Å². The van der Waals surface area contributed by atoms with Crippen LogP contribution in [0.2, 0.25) is 0 Å². The molecule has 1 N–H and O–H groups in total. The quantitative estimate of drug-likeness (QED) is 0.909. The van der Waals surface area contributed by atoms with Gasteiger partial charge in [-0.25, -0.2) is 0 Å². The van der Waals surface area contributed by atoms with E-state index in [0.29, 0.717) is 17.6 Å². The first-order valence-electron chi connectivity index (χ1n) is 8.77.